The summed E-state index contributed by atoms with van der Waals surface area (Å²) in [5.74, 6) is 0.0858. The van der Waals surface area contributed by atoms with Crippen molar-refractivity contribution in [2.24, 2.45) is 0 Å². The Bertz CT molecular complexity index is 1320. The lowest BCUT2D eigenvalue weighted by Crippen LogP contribution is -2.64. The molecule has 2 heterocycles. The number of para-hydroxylation sites is 1. The molecule has 0 saturated carbocycles. The van der Waals surface area contributed by atoms with Gasteiger partial charge in [0.05, 0.1) is 10.9 Å². The molecule has 1 aliphatic rings. The lowest BCUT2D eigenvalue weighted by atomic mass is 9.95. The Morgan fingerprint density at radius 3 is 2.27 bits per heavy atom. The van der Waals surface area contributed by atoms with Gasteiger partial charge in [0.25, 0.3) is 11.5 Å². The predicted molar refractivity (Wildman–Crippen MR) is 115 cm³/mol. The molecule has 3 aromatic carbocycles. The van der Waals surface area contributed by atoms with E-state index in [1.54, 1.807) is 30.3 Å². The van der Waals surface area contributed by atoms with Crippen molar-refractivity contribution in [1.29, 1.82) is 0 Å². The molecule has 4 aromatic rings. The molecule has 6 nitrogen and oxygen atoms in total. The van der Waals surface area contributed by atoms with Gasteiger partial charge in [-0.2, -0.15) is 4.68 Å². The van der Waals surface area contributed by atoms with Gasteiger partial charge in [-0.15, -0.1) is 11.6 Å². The minimum atomic E-state index is -0.823. The van der Waals surface area contributed by atoms with Crippen LogP contribution >= 0.6 is 11.6 Å². The fourth-order valence-electron chi connectivity index (χ4n) is 3.74. The first-order valence-electron chi connectivity index (χ1n) is 9.40. The molecule has 1 N–H and O–H groups in total. The van der Waals surface area contributed by atoms with Crippen LogP contribution < -0.4 is 10.6 Å². The predicted octanol–water partition coefficient (Wildman–Crippen LogP) is 3.60. The molecule has 30 heavy (non-hydrogen) atoms. The molecule has 1 fully saturated rings. The number of phenolic OH excluding ortho intramolecular Hbond substituents is 1. The van der Waals surface area contributed by atoms with Crippen LogP contribution in [0.15, 0.2) is 83.7 Å². The van der Waals surface area contributed by atoms with Gasteiger partial charge in [0.1, 0.15) is 17.2 Å². The number of phenols is 1. The number of hydrogen-bond donors (Lipinski definition) is 1. The third kappa shape index (κ3) is 2.76. The number of aromatic nitrogens is 2. The van der Waals surface area contributed by atoms with Crippen molar-refractivity contribution in [2.75, 3.05) is 5.01 Å². The Morgan fingerprint density at radius 1 is 0.867 bits per heavy atom. The molecule has 0 bridgehead atoms. The molecule has 1 aliphatic heterocycles. The number of aromatic hydroxyl groups is 1. The van der Waals surface area contributed by atoms with Crippen LogP contribution in [0.1, 0.15) is 11.6 Å². The highest BCUT2D eigenvalue weighted by Gasteiger charge is 2.50. The average Bonchev–Trinajstić information content (AvgIpc) is 2.79. The van der Waals surface area contributed by atoms with Crippen molar-refractivity contribution in [3.63, 3.8) is 0 Å². The summed E-state index contributed by atoms with van der Waals surface area (Å²) in [5, 5.41) is 10.5. The molecular formula is C23H16ClN3O3. The summed E-state index contributed by atoms with van der Waals surface area (Å²) in [6.07, 6.45) is 0. The van der Waals surface area contributed by atoms with Crippen LogP contribution in [0.4, 0.5) is 0 Å². The molecule has 5 rings (SSSR count). The van der Waals surface area contributed by atoms with E-state index in [4.69, 9.17) is 16.6 Å². The maximum absolute atomic E-state index is 13.5. The molecule has 1 saturated heterocycles. The number of halogens is 1. The van der Waals surface area contributed by atoms with Crippen molar-refractivity contribution < 1.29 is 9.90 Å². The second-order valence-corrected chi connectivity index (χ2v) is 7.53. The van der Waals surface area contributed by atoms with Crippen LogP contribution in [0.2, 0.25) is 0 Å². The van der Waals surface area contributed by atoms with Crippen molar-refractivity contribution in [2.45, 2.75) is 11.4 Å². The Labute approximate surface area is 176 Å². The molecule has 0 aliphatic carbocycles. The molecule has 0 radical (unpaired) electrons. The second-order valence-electron chi connectivity index (χ2n) is 7.06. The Morgan fingerprint density at radius 2 is 1.53 bits per heavy atom. The molecular weight excluding hydrogens is 402 g/mol. The van der Waals surface area contributed by atoms with E-state index in [0.29, 0.717) is 27.9 Å². The summed E-state index contributed by atoms with van der Waals surface area (Å²) in [6.45, 7) is 0. The van der Waals surface area contributed by atoms with E-state index in [2.05, 4.69) is 0 Å². The Balaban J connectivity index is 1.76. The first-order valence-corrected chi connectivity index (χ1v) is 9.83. The van der Waals surface area contributed by atoms with Gasteiger partial charge in [0.15, 0.2) is 5.82 Å². The van der Waals surface area contributed by atoms with E-state index in [0.717, 1.165) is 0 Å². The largest absolute Gasteiger partial charge is 0.508 e. The number of carbonyl (C=O) groups excluding carboxylic acids is 1. The van der Waals surface area contributed by atoms with Crippen molar-refractivity contribution in [1.82, 2.24) is 9.66 Å². The Kier molecular flexibility index (Phi) is 4.29. The van der Waals surface area contributed by atoms with Gasteiger partial charge in [0.2, 0.25) is 0 Å². The van der Waals surface area contributed by atoms with E-state index in [9.17, 15) is 14.7 Å². The average molecular weight is 418 g/mol. The van der Waals surface area contributed by atoms with Gasteiger partial charge in [-0.05, 0) is 29.8 Å². The number of nitrogens with zero attached hydrogens (tertiary/aromatic N) is 3. The minimum absolute atomic E-state index is 0.108. The maximum Gasteiger partial charge on any atom is 0.280 e. The van der Waals surface area contributed by atoms with E-state index in [-0.39, 0.29) is 17.2 Å². The van der Waals surface area contributed by atoms with Crippen LogP contribution in [0, 0.1) is 0 Å². The number of amides is 1. The quantitative estimate of drug-likeness (QED) is 0.408. The molecule has 1 aromatic heterocycles. The fourth-order valence-corrected chi connectivity index (χ4v) is 4.09. The SMILES string of the molecule is O=C1C(Cl)C(c2ccc(O)cc2)N1n1c(-c2ccccc2)nc2ccccc2c1=O. The van der Waals surface area contributed by atoms with Gasteiger partial charge in [-0.25, -0.2) is 9.99 Å². The summed E-state index contributed by atoms with van der Waals surface area (Å²) in [7, 11) is 0. The van der Waals surface area contributed by atoms with Gasteiger partial charge < -0.3 is 5.11 Å². The number of β-lactam (4-membered cyclic amide) rings is 1. The highest BCUT2D eigenvalue weighted by Crippen LogP contribution is 2.38. The summed E-state index contributed by atoms with van der Waals surface area (Å²) in [6, 6.07) is 22.2. The lowest BCUT2D eigenvalue weighted by Gasteiger charge is -2.45. The van der Waals surface area contributed by atoms with E-state index in [1.165, 1.54) is 21.8 Å². The molecule has 1 amide bonds. The van der Waals surface area contributed by atoms with Crippen LogP contribution in [0.5, 0.6) is 5.75 Å². The third-order valence-electron chi connectivity index (χ3n) is 5.24. The number of rotatable bonds is 3. The fraction of sp³-hybridized carbons (Fsp3) is 0.0870. The van der Waals surface area contributed by atoms with Crippen LogP contribution in [0.3, 0.4) is 0 Å². The van der Waals surface area contributed by atoms with Gasteiger partial charge in [0, 0.05) is 5.56 Å². The van der Waals surface area contributed by atoms with E-state index in [1.807, 2.05) is 36.4 Å². The molecule has 148 valence electrons. The topological polar surface area (TPSA) is 75.4 Å². The zero-order valence-corrected chi connectivity index (χ0v) is 16.4. The van der Waals surface area contributed by atoms with E-state index < -0.39 is 11.4 Å². The number of hydrogen-bond acceptors (Lipinski definition) is 4. The van der Waals surface area contributed by atoms with Crippen LogP contribution in [-0.2, 0) is 4.79 Å². The minimum Gasteiger partial charge on any atom is -0.508 e. The summed E-state index contributed by atoms with van der Waals surface area (Å²) >= 11 is 6.36. The van der Waals surface area contributed by atoms with Gasteiger partial charge in [-0.1, -0.05) is 54.6 Å². The monoisotopic (exact) mass is 417 g/mol. The van der Waals surface area contributed by atoms with Crippen LogP contribution in [-0.4, -0.2) is 26.1 Å². The molecule has 0 spiro atoms. The molecule has 7 heteroatoms. The van der Waals surface area contributed by atoms with Crippen molar-refractivity contribution in [3.8, 4) is 17.1 Å². The molecule has 2 atom stereocenters. The first kappa shape index (κ1) is 18.4. The summed E-state index contributed by atoms with van der Waals surface area (Å²) in [5.41, 5.74) is 1.62. The smallest absolute Gasteiger partial charge is 0.280 e. The number of carbonyl (C=O) groups is 1. The first-order chi connectivity index (χ1) is 14.6. The van der Waals surface area contributed by atoms with E-state index >= 15 is 0 Å². The van der Waals surface area contributed by atoms with Gasteiger partial charge >= 0.3 is 0 Å². The highest BCUT2D eigenvalue weighted by molar-refractivity contribution is 6.36. The van der Waals surface area contributed by atoms with Crippen LogP contribution in [0.25, 0.3) is 22.3 Å². The zero-order valence-electron chi connectivity index (χ0n) is 15.6. The zero-order chi connectivity index (χ0) is 20.8. The number of alkyl halides is 1. The van der Waals surface area contributed by atoms with Crippen molar-refractivity contribution in [3.05, 3.63) is 94.8 Å². The third-order valence-corrected chi connectivity index (χ3v) is 5.66. The standard InChI is InChI=1S/C23H16ClN3O3/c24-19-20(14-10-12-16(28)13-11-14)26(23(19)30)27-21(15-6-2-1-3-7-15)25-18-9-5-4-8-17(18)22(27)29/h1-13,19-20,28H. The lowest BCUT2D eigenvalue weighted by molar-refractivity contribution is -0.126. The summed E-state index contributed by atoms with van der Waals surface area (Å²) < 4.78 is 1.32. The number of benzene rings is 3. The Hall–Kier alpha value is -3.64. The normalized spacial score (nSPS) is 18.4. The highest BCUT2D eigenvalue weighted by atomic mass is 35.5. The maximum atomic E-state index is 13.5. The van der Waals surface area contributed by atoms with Crippen molar-refractivity contribution >= 4 is 28.4 Å². The second kappa shape index (κ2) is 7.00. The number of fused-ring (bicyclic) bond motifs is 1. The summed E-state index contributed by atoms with van der Waals surface area (Å²) in [4.78, 5) is 31.0. The molecule has 2 unspecified atom stereocenters. The van der Waals surface area contributed by atoms with Gasteiger partial charge in [-0.3, -0.25) is 9.59 Å².